The Kier molecular flexibility index (Phi) is 4.54. The summed E-state index contributed by atoms with van der Waals surface area (Å²) in [5.41, 5.74) is 0. The second-order valence-corrected chi connectivity index (χ2v) is 6.50. The smallest absolute Gasteiger partial charge is 0.245 e. The molecular formula is C13H22N2O2S. The summed E-state index contributed by atoms with van der Waals surface area (Å²) in [4.78, 5) is 25.9. The fraction of sp³-hybridized carbons (Fsp3) is 0.846. The molecule has 2 rings (SSSR count). The lowest BCUT2D eigenvalue weighted by Gasteiger charge is -2.38. The molecule has 0 bridgehead atoms. The maximum atomic E-state index is 12.3. The summed E-state index contributed by atoms with van der Waals surface area (Å²) in [7, 11) is 0. The van der Waals surface area contributed by atoms with Gasteiger partial charge in [0.05, 0.1) is 6.54 Å². The molecule has 3 atom stereocenters. The second-order valence-electron chi connectivity index (χ2n) is 4.99. The van der Waals surface area contributed by atoms with Crippen molar-refractivity contribution in [3.63, 3.8) is 0 Å². The number of piperazine rings is 1. The predicted molar refractivity (Wildman–Crippen MR) is 73.5 cm³/mol. The first-order valence-corrected chi connectivity index (χ1v) is 7.93. The summed E-state index contributed by atoms with van der Waals surface area (Å²) in [6, 6.07) is -0.0401. The largest absolute Gasteiger partial charge is 0.343 e. The van der Waals surface area contributed by atoms with Crippen LogP contribution in [0.1, 0.15) is 39.5 Å². The van der Waals surface area contributed by atoms with Gasteiger partial charge in [0, 0.05) is 11.3 Å². The number of carbonyl (C=O) groups is 2. The van der Waals surface area contributed by atoms with E-state index in [0.29, 0.717) is 11.7 Å². The van der Waals surface area contributed by atoms with Crippen molar-refractivity contribution in [1.82, 2.24) is 10.2 Å². The maximum absolute atomic E-state index is 12.3. The third kappa shape index (κ3) is 2.66. The van der Waals surface area contributed by atoms with Gasteiger partial charge in [-0.1, -0.05) is 20.3 Å². The van der Waals surface area contributed by atoms with Gasteiger partial charge in [-0.2, -0.15) is 11.8 Å². The van der Waals surface area contributed by atoms with Crippen LogP contribution in [0.15, 0.2) is 0 Å². The Labute approximate surface area is 113 Å². The number of nitrogens with one attached hydrogen (secondary N) is 1. The summed E-state index contributed by atoms with van der Waals surface area (Å²) in [5.74, 6) is 1.19. The van der Waals surface area contributed by atoms with Gasteiger partial charge in [0.25, 0.3) is 0 Å². The van der Waals surface area contributed by atoms with E-state index in [0.717, 1.165) is 12.2 Å². The fourth-order valence-electron chi connectivity index (χ4n) is 2.96. The maximum Gasteiger partial charge on any atom is 0.245 e. The molecule has 1 N–H and O–H groups in total. The lowest BCUT2D eigenvalue weighted by Crippen LogP contribution is -2.61. The molecule has 0 spiro atoms. The zero-order valence-electron chi connectivity index (χ0n) is 11.1. The van der Waals surface area contributed by atoms with Crippen molar-refractivity contribution in [3.8, 4) is 0 Å². The quantitative estimate of drug-likeness (QED) is 0.840. The molecule has 1 heterocycles. The molecular weight excluding hydrogens is 248 g/mol. The van der Waals surface area contributed by atoms with Crippen molar-refractivity contribution in [1.29, 1.82) is 0 Å². The second kappa shape index (κ2) is 5.95. The summed E-state index contributed by atoms with van der Waals surface area (Å²) < 4.78 is 0. The minimum absolute atomic E-state index is 0.00593. The van der Waals surface area contributed by atoms with Crippen LogP contribution in [0.25, 0.3) is 0 Å². The van der Waals surface area contributed by atoms with E-state index < -0.39 is 0 Å². The van der Waals surface area contributed by atoms with E-state index in [2.05, 4.69) is 12.2 Å². The van der Waals surface area contributed by atoms with Gasteiger partial charge in [-0.15, -0.1) is 0 Å². The van der Waals surface area contributed by atoms with Crippen LogP contribution in [0.4, 0.5) is 0 Å². The average Bonchev–Trinajstić information content (AvgIpc) is 2.80. The van der Waals surface area contributed by atoms with Gasteiger partial charge in [-0.3, -0.25) is 9.59 Å². The zero-order valence-corrected chi connectivity index (χ0v) is 12.0. The number of nitrogens with zero attached hydrogens (tertiary/aromatic N) is 1. The molecule has 0 aromatic rings. The van der Waals surface area contributed by atoms with Crippen LogP contribution in [-0.2, 0) is 9.59 Å². The first kappa shape index (κ1) is 13.7. The number of hydrogen-bond acceptors (Lipinski definition) is 3. The van der Waals surface area contributed by atoms with Gasteiger partial charge in [0.1, 0.15) is 6.04 Å². The van der Waals surface area contributed by atoms with Gasteiger partial charge >= 0.3 is 0 Å². The molecule has 4 nitrogen and oxygen atoms in total. The summed E-state index contributed by atoms with van der Waals surface area (Å²) >= 11 is 1.93. The minimum Gasteiger partial charge on any atom is -0.343 e. The van der Waals surface area contributed by atoms with Crippen molar-refractivity contribution < 1.29 is 9.59 Å². The number of hydrogen-bond donors (Lipinski definition) is 1. The molecule has 0 aromatic carbocycles. The standard InChI is InChI=1S/C13H22N2O2S/c1-3-9-13(17)15(8-12(16)14-9)10-6-5-7-11(10)18-4-2/h9-11H,3-8H2,1-2H3,(H,14,16). The molecule has 1 saturated carbocycles. The SMILES string of the molecule is CCSC1CCCC1N1CC(=O)NC(CC)C1=O. The molecule has 18 heavy (non-hydrogen) atoms. The molecule has 2 aliphatic rings. The van der Waals surface area contributed by atoms with Crippen LogP contribution in [0.3, 0.4) is 0 Å². The van der Waals surface area contributed by atoms with Crippen LogP contribution in [0.2, 0.25) is 0 Å². The minimum atomic E-state index is -0.306. The molecule has 3 unspecified atom stereocenters. The zero-order chi connectivity index (χ0) is 13.1. The average molecular weight is 270 g/mol. The molecule has 2 amide bonds. The Morgan fingerprint density at radius 2 is 2.11 bits per heavy atom. The molecule has 5 heteroatoms. The van der Waals surface area contributed by atoms with Gasteiger partial charge in [0.15, 0.2) is 0 Å². The van der Waals surface area contributed by atoms with Crippen molar-refractivity contribution in [2.75, 3.05) is 12.3 Å². The Morgan fingerprint density at radius 3 is 2.78 bits per heavy atom. The Bertz CT molecular complexity index is 335. The lowest BCUT2D eigenvalue weighted by atomic mass is 10.1. The van der Waals surface area contributed by atoms with Crippen molar-refractivity contribution >= 4 is 23.6 Å². The number of rotatable bonds is 4. The highest BCUT2D eigenvalue weighted by Gasteiger charge is 2.40. The molecule has 2 fully saturated rings. The van der Waals surface area contributed by atoms with Gasteiger partial charge < -0.3 is 10.2 Å². The van der Waals surface area contributed by atoms with Crippen LogP contribution in [0.5, 0.6) is 0 Å². The van der Waals surface area contributed by atoms with Crippen molar-refractivity contribution in [2.45, 2.75) is 56.9 Å². The predicted octanol–water partition coefficient (Wildman–Crippen LogP) is 1.40. The van der Waals surface area contributed by atoms with Crippen LogP contribution >= 0.6 is 11.8 Å². The normalized spacial score (nSPS) is 32.8. The summed E-state index contributed by atoms with van der Waals surface area (Å²) in [5, 5.41) is 3.30. The number of carbonyl (C=O) groups excluding carboxylic acids is 2. The van der Waals surface area contributed by atoms with E-state index in [9.17, 15) is 9.59 Å². The van der Waals surface area contributed by atoms with Crippen molar-refractivity contribution in [2.24, 2.45) is 0 Å². The van der Waals surface area contributed by atoms with E-state index in [1.165, 1.54) is 12.8 Å². The lowest BCUT2D eigenvalue weighted by molar-refractivity contribution is -0.146. The molecule has 0 aromatic heterocycles. The molecule has 1 saturated heterocycles. The van der Waals surface area contributed by atoms with Crippen molar-refractivity contribution in [3.05, 3.63) is 0 Å². The van der Waals surface area contributed by atoms with E-state index in [-0.39, 0.29) is 30.4 Å². The van der Waals surface area contributed by atoms with Gasteiger partial charge in [-0.05, 0) is 25.0 Å². The molecule has 102 valence electrons. The highest BCUT2D eigenvalue weighted by molar-refractivity contribution is 7.99. The third-order valence-corrected chi connectivity index (χ3v) is 5.15. The Balaban J connectivity index is 2.10. The number of thioether (sulfide) groups is 1. The Morgan fingerprint density at radius 1 is 1.33 bits per heavy atom. The monoisotopic (exact) mass is 270 g/mol. The van der Waals surface area contributed by atoms with Gasteiger partial charge in [0.2, 0.25) is 11.8 Å². The first-order chi connectivity index (χ1) is 8.67. The highest BCUT2D eigenvalue weighted by atomic mass is 32.2. The third-order valence-electron chi connectivity index (χ3n) is 3.84. The van der Waals surface area contributed by atoms with Crippen LogP contribution in [0, 0.1) is 0 Å². The fourth-order valence-corrected chi connectivity index (χ4v) is 4.23. The van der Waals surface area contributed by atoms with E-state index in [1.54, 1.807) is 0 Å². The molecule has 1 aliphatic heterocycles. The summed E-state index contributed by atoms with van der Waals surface area (Å²) in [6.07, 6.45) is 4.07. The molecule has 0 radical (unpaired) electrons. The highest BCUT2D eigenvalue weighted by Crippen LogP contribution is 2.34. The molecule has 1 aliphatic carbocycles. The Hall–Kier alpha value is -0.710. The van der Waals surface area contributed by atoms with E-state index in [1.807, 2.05) is 23.6 Å². The van der Waals surface area contributed by atoms with E-state index >= 15 is 0 Å². The van der Waals surface area contributed by atoms with Crippen LogP contribution < -0.4 is 5.32 Å². The number of amides is 2. The topological polar surface area (TPSA) is 49.4 Å². The van der Waals surface area contributed by atoms with E-state index in [4.69, 9.17) is 0 Å². The van der Waals surface area contributed by atoms with Crippen LogP contribution in [-0.4, -0.2) is 46.3 Å². The van der Waals surface area contributed by atoms with Gasteiger partial charge in [-0.25, -0.2) is 0 Å². The summed E-state index contributed by atoms with van der Waals surface area (Å²) in [6.45, 7) is 4.35. The first-order valence-electron chi connectivity index (χ1n) is 6.88.